The molecule has 0 aliphatic rings. The van der Waals surface area contributed by atoms with Crippen LogP contribution in [0.3, 0.4) is 0 Å². The molecule has 1 rings (SSSR count). The standard InChI is InChI=1S/C9H11BrN2O2/c1-2-11-6-7-3-4-8(10)5-9(7)12(13)14/h3-5,11H,2,6H2,1H3. The van der Waals surface area contributed by atoms with Crippen molar-refractivity contribution in [3.8, 4) is 0 Å². The van der Waals surface area contributed by atoms with Crippen molar-refractivity contribution in [3.05, 3.63) is 38.3 Å². The highest BCUT2D eigenvalue weighted by Gasteiger charge is 2.12. The minimum absolute atomic E-state index is 0.153. The van der Waals surface area contributed by atoms with Gasteiger partial charge >= 0.3 is 0 Å². The molecule has 1 aromatic carbocycles. The van der Waals surface area contributed by atoms with Crippen molar-refractivity contribution in [1.82, 2.24) is 5.32 Å². The number of nitrogens with zero attached hydrogens (tertiary/aromatic N) is 1. The summed E-state index contributed by atoms with van der Waals surface area (Å²) >= 11 is 3.21. The first-order chi connectivity index (χ1) is 6.65. The molecule has 4 nitrogen and oxygen atoms in total. The van der Waals surface area contributed by atoms with Crippen molar-refractivity contribution >= 4 is 21.6 Å². The molecule has 0 unspecified atom stereocenters. The van der Waals surface area contributed by atoms with Crippen LogP contribution in [0.4, 0.5) is 5.69 Å². The fourth-order valence-corrected chi connectivity index (χ4v) is 1.47. The number of rotatable bonds is 4. The van der Waals surface area contributed by atoms with Crippen LogP contribution in [0.25, 0.3) is 0 Å². The lowest BCUT2D eigenvalue weighted by atomic mass is 10.2. The quantitative estimate of drug-likeness (QED) is 0.667. The molecule has 0 heterocycles. The predicted molar refractivity (Wildman–Crippen MR) is 58.2 cm³/mol. The first-order valence-corrected chi connectivity index (χ1v) is 5.08. The van der Waals surface area contributed by atoms with Crippen LogP contribution in [0.15, 0.2) is 22.7 Å². The summed E-state index contributed by atoms with van der Waals surface area (Å²) in [5, 5.41) is 13.8. The van der Waals surface area contributed by atoms with Crippen molar-refractivity contribution in [2.45, 2.75) is 13.5 Å². The molecule has 0 amide bonds. The molecule has 0 aromatic heterocycles. The molecule has 0 bridgehead atoms. The molecule has 0 spiro atoms. The second kappa shape index (κ2) is 5.07. The van der Waals surface area contributed by atoms with Gasteiger partial charge < -0.3 is 5.32 Å². The molecule has 1 N–H and O–H groups in total. The molecule has 0 atom stereocenters. The molecular weight excluding hydrogens is 248 g/mol. The van der Waals surface area contributed by atoms with Crippen LogP contribution in [-0.2, 0) is 6.54 Å². The summed E-state index contributed by atoms with van der Waals surface area (Å²) < 4.78 is 0.726. The fraction of sp³-hybridized carbons (Fsp3) is 0.333. The van der Waals surface area contributed by atoms with E-state index < -0.39 is 0 Å². The van der Waals surface area contributed by atoms with Crippen molar-refractivity contribution in [2.75, 3.05) is 6.54 Å². The first-order valence-electron chi connectivity index (χ1n) is 4.28. The van der Waals surface area contributed by atoms with Crippen LogP contribution in [0.2, 0.25) is 0 Å². The van der Waals surface area contributed by atoms with Crippen LogP contribution < -0.4 is 5.32 Å². The average Bonchev–Trinajstić information content (AvgIpc) is 2.15. The SMILES string of the molecule is CCNCc1ccc(Br)cc1[N+](=O)[O-]. The highest BCUT2D eigenvalue weighted by Crippen LogP contribution is 2.23. The Hall–Kier alpha value is -0.940. The summed E-state index contributed by atoms with van der Waals surface area (Å²) in [4.78, 5) is 10.3. The van der Waals surface area contributed by atoms with Crippen molar-refractivity contribution in [1.29, 1.82) is 0 Å². The van der Waals surface area contributed by atoms with Gasteiger partial charge in [-0.3, -0.25) is 10.1 Å². The van der Waals surface area contributed by atoms with Crippen molar-refractivity contribution in [2.24, 2.45) is 0 Å². The Morgan fingerprint density at radius 1 is 1.57 bits per heavy atom. The van der Waals surface area contributed by atoms with E-state index in [4.69, 9.17) is 0 Å². The number of nitro benzene ring substituents is 1. The van der Waals surface area contributed by atoms with E-state index in [0.29, 0.717) is 12.1 Å². The van der Waals surface area contributed by atoms with E-state index in [-0.39, 0.29) is 10.6 Å². The van der Waals surface area contributed by atoms with Crippen LogP contribution in [-0.4, -0.2) is 11.5 Å². The van der Waals surface area contributed by atoms with E-state index in [1.54, 1.807) is 12.1 Å². The molecule has 14 heavy (non-hydrogen) atoms. The third-order valence-corrected chi connectivity index (χ3v) is 2.30. The van der Waals surface area contributed by atoms with Gasteiger partial charge in [-0.1, -0.05) is 22.9 Å². The van der Waals surface area contributed by atoms with E-state index >= 15 is 0 Å². The summed E-state index contributed by atoms with van der Waals surface area (Å²) in [7, 11) is 0. The highest BCUT2D eigenvalue weighted by molar-refractivity contribution is 9.10. The number of benzene rings is 1. The second-order valence-electron chi connectivity index (χ2n) is 2.81. The smallest absolute Gasteiger partial charge is 0.275 e. The number of hydrogen-bond acceptors (Lipinski definition) is 3. The maximum Gasteiger partial charge on any atom is 0.275 e. The summed E-state index contributed by atoms with van der Waals surface area (Å²) in [5.74, 6) is 0. The minimum Gasteiger partial charge on any atom is -0.313 e. The summed E-state index contributed by atoms with van der Waals surface area (Å²) in [5.41, 5.74) is 0.861. The van der Waals surface area contributed by atoms with Gasteiger partial charge in [0, 0.05) is 22.6 Å². The van der Waals surface area contributed by atoms with Crippen LogP contribution in [0, 0.1) is 10.1 Å². The third-order valence-electron chi connectivity index (χ3n) is 1.81. The zero-order valence-electron chi connectivity index (χ0n) is 7.79. The van der Waals surface area contributed by atoms with Gasteiger partial charge in [0.05, 0.1) is 4.92 Å². The van der Waals surface area contributed by atoms with Gasteiger partial charge in [0.25, 0.3) is 5.69 Å². The van der Waals surface area contributed by atoms with Gasteiger partial charge in [0.2, 0.25) is 0 Å². The topological polar surface area (TPSA) is 55.2 Å². The minimum atomic E-state index is -0.364. The normalized spacial score (nSPS) is 10.1. The number of halogens is 1. The highest BCUT2D eigenvalue weighted by atomic mass is 79.9. The summed E-state index contributed by atoms with van der Waals surface area (Å²) in [6, 6.07) is 5.08. The predicted octanol–water partition coefficient (Wildman–Crippen LogP) is 2.47. The van der Waals surface area contributed by atoms with Gasteiger partial charge in [-0.05, 0) is 18.7 Å². The molecule has 5 heteroatoms. The Morgan fingerprint density at radius 3 is 2.86 bits per heavy atom. The Kier molecular flexibility index (Phi) is 4.03. The van der Waals surface area contributed by atoms with E-state index in [2.05, 4.69) is 21.2 Å². The second-order valence-corrected chi connectivity index (χ2v) is 3.73. The summed E-state index contributed by atoms with van der Waals surface area (Å²) in [6.07, 6.45) is 0. The number of hydrogen-bond donors (Lipinski definition) is 1. The molecule has 0 aliphatic heterocycles. The van der Waals surface area contributed by atoms with Gasteiger partial charge in [-0.2, -0.15) is 0 Å². The molecule has 1 aromatic rings. The van der Waals surface area contributed by atoms with Gasteiger partial charge in [-0.15, -0.1) is 0 Å². The largest absolute Gasteiger partial charge is 0.313 e. The first kappa shape index (κ1) is 11.1. The monoisotopic (exact) mass is 258 g/mol. The van der Waals surface area contributed by atoms with Crippen molar-refractivity contribution < 1.29 is 4.92 Å². The zero-order chi connectivity index (χ0) is 10.6. The van der Waals surface area contributed by atoms with Gasteiger partial charge in [0.1, 0.15) is 0 Å². The number of nitro groups is 1. The zero-order valence-corrected chi connectivity index (χ0v) is 9.37. The lowest BCUT2D eigenvalue weighted by molar-refractivity contribution is -0.385. The molecule has 0 saturated heterocycles. The molecular formula is C9H11BrN2O2. The Balaban J connectivity index is 2.96. The fourth-order valence-electron chi connectivity index (χ4n) is 1.12. The maximum atomic E-state index is 10.7. The van der Waals surface area contributed by atoms with Crippen LogP contribution in [0.5, 0.6) is 0 Å². The van der Waals surface area contributed by atoms with Crippen LogP contribution in [0.1, 0.15) is 12.5 Å². The van der Waals surface area contributed by atoms with Gasteiger partial charge in [0.15, 0.2) is 0 Å². The lowest BCUT2D eigenvalue weighted by Gasteiger charge is -2.03. The van der Waals surface area contributed by atoms with E-state index in [0.717, 1.165) is 11.0 Å². The Labute approximate surface area is 90.6 Å². The Bertz CT molecular complexity index is 342. The van der Waals surface area contributed by atoms with E-state index in [1.165, 1.54) is 6.07 Å². The molecule has 0 saturated carbocycles. The van der Waals surface area contributed by atoms with Crippen LogP contribution >= 0.6 is 15.9 Å². The van der Waals surface area contributed by atoms with E-state index in [9.17, 15) is 10.1 Å². The van der Waals surface area contributed by atoms with Crippen molar-refractivity contribution in [3.63, 3.8) is 0 Å². The van der Waals surface area contributed by atoms with Gasteiger partial charge in [-0.25, -0.2) is 0 Å². The van der Waals surface area contributed by atoms with E-state index in [1.807, 2.05) is 6.92 Å². The molecule has 76 valence electrons. The third kappa shape index (κ3) is 2.78. The molecule has 0 radical (unpaired) electrons. The average molecular weight is 259 g/mol. The number of nitrogens with one attached hydrogen (secondary N) is 1. The molecule has 0 aliphatic carbocycles. The lowest BCUT2D eigenvalue weighted by Crippen LogP contribution is -2.12. The summed E-state index contributed by atoms with van der Waals surface area (Å²) in [6.45, 7) is 3.29. The Morgan fingerprint density at radius 2 is 2.29 bits per heavy atom. The molecule has 0 fully saturated rings. The maximum absolute atomic E-state index is 10.7.